The fraction of sp³-hybridized carbons (Fsp3) is 0.444. The number of pyridine rings is 1. The van der Waals surface area contributed by atoms with Crippen LogP contribution in [0.5, 0.6) is 0 Å². The topological polar surface area (TPSA) is 76.5 Å². The van der Waals surface area contributed by atoms with E-state index in [1.807, 2.05) is 82.3 Å². The minimum absolute atomic E-state index is 0. The summed E-state index contributed by atoms with van der Waals surface area (Å²) >= 11 is 0. The Kier molecular flexibility index (Phi) is 16.9. The van der Waals surface area contributed by atoms with Crippen molar-refractivity contribution in [3.63, 3.8) is 0 Å². The number of carbonyl (C=O) groups excluding carboxylic acids is 2. The van der Waals surface area contributed by atoms with E-state index in [9.17, 15) is 27.9 Å². The molecule has 0 fully saturated rings. The second-order valence-electron chi connectivity index (χ2n) is 15.8. The standard InChI is InChI=1S/C32H31F3NO2.C13H24O2.Ir/c1-30(2,3)18-20-11-13-21(14-12-20)25-17-28(36-19-26(25)29(37)38-32(33,34)35)23-15-22-9-7-8-10-24(22)27(16-23)31(4,5)6;1-5-10(6-2)12(14)9-13(15)11(7-3)8-4;/h7-14,16-17,19H,18H2,1-6H3;9-11,14H,5-8H2,1-4H3;/q-1;;/b;12-9-;. The maximum atomic E-state index is 12.9. The van der Waals surface area contributed by atoms with Crippen LogP contribution in [-0.2, 0) is 41.5 Å². The van der Waals surface area contributed by atoms with Crippen molar-refractivity contribution in [1.82, 2.24) is 4.98 Å². The zero-order chi connectivity index (χ0) is 39.7. The number of benzene rings is 3. The summed E-state index contributed by atoms with van der Waals surface area (Å²) in [6, 6.07) is 22.5. The number of aliphatic hydroxyl groups is 1. The first-order chi connectivity index (χ1) is 24.7. The number of alkyl halides is 3. The minimum Gasteiger partial charge on any atom is -0.512 e. The molecule has 1 aromatic heterocycles. The Hall–Kier alpha value is -3.81. The van der Waals surface area contributed by atoms with E-state index in [-0.39, 0.29) is 59.9 Å². The van der Waals surface area contributed by atoms with Gasteiger partial charge in [0.15, 0.2) is 5.78 Å². The summed E-state index contributed by atoms with van der Waals surface area (Å²) < 4.78 is 42.5. The van der Waals surface area contributed by atoms with Gasteiger partial charge in [-0.25, -0.2) is 4.79 Å². The number of rotatable bonds is 11. The summed E-state index contributed by atoms with van der Waals surface area (Å²) in [5, 5.41) is 11.7. The van der Waals surface area contributed by atoms with Gasteiger partial charge in [0.25, 0.3) is 0 Å². The van der Waals surface area contributed by atoms with E-state index in [0.29, 0.717) is 22.4 Å². The number of carbonyl (C=O) groups is 2. The van der Waals surface area contributed by atoms with Crippen LogP contribution in [-0.4, -0.2) is 28.2 Å². The molecule has 0 bridgehead atoms. The number of fused-ring (bicyclic) bond motifs is 1. The molecule has 0 aliphatic carbocycles. The van der Waals surface area contributed by atoms with Crippen LogP contribution >= 0.6 is 0 Å². The van der Waals surface area contributed by atoms with Crippen LogP contribution in [0.15, 0.2) is 78.7 Å². The number of ketones is 1. The van der Waals surface area contributed by atoms with E-state index in [0.717, 1.165) is 60.2 Å². The van der Waals surface area contributed by atoms with Gasteiger partial charge < -0.3 is 9.84 Å². The third-order valence-electron chi connectivity index (χ3n) is 9.27. The Balaban J connectivity index is 0.000000536. The molecular formula is C45H55F3IrNO4-. The molecule has 4 rings (SSSR count). The molecule has 1 radical (unpaired) electrons. The fourth-order valence-electron chi connectivity index (χ4n) is 6.35. The summed E-state index contributed by atoms with van der Waals surface area (Å²) in [6.45, 7) is 20.8. The molecule has 54 heavy (non-hydrogen) atoms. The van der Waals surface area contributed by atoms with Gasteiger partial charge in [-0.2, -0.15) is 0 Å². The summed E-state index contributed by atoms with van der Waals surface area (Å²) in [5.74, 6) is -0.950. The van der Waals surface area contributed by atoms with E-state index >= 15 is 0 Å². The van der Waals surface area contributed by atoms with Crippen LogP contribution < -0.4 is 0 Å². The van der Waals surface area contributed by atoms with Crippen molar-refractivity contribution in [2.45, 2.75) is 113 Å². The van der Waals surface area contributed by atoms with E-state index in [1.54, 1.807) is 6.07 Å². The Bertz CT molecular complexity index is 1880. The molecular weight excluding hydrogens is 868 g/mol. The number of hydrogen-bond donors (Lipinski definition) is 1. The SMILES string of the molecule is CC(C)(C)Cc1ccc(-c2cc(-c3[c-]c4ccccc4c(C(C)(C)C)c3)ncc2C(=O)OC(F)(F)F)cc1.CCC(CC)C(=O)/C=C(\O)C(CC)CC.[Ir]. The van der Waals surface area contributed by atoms with Gasteiger partial charge in [0.1, 0.15) is 0 Å². The van der Waals surface area contributed by atoms with Crippen LogP contribution in [0.2, 0.25) is 0 Å². The number of aromatic nitrogens is 1. The van der Waals surface area contributed by atoms with Crippen molar-refractivity contribution in [1.29, 1.82) is 0 Å². The van der Waals surface area contributed by atoms with Gasteiger partial charge in [-0.15, -0.1) is 42.3 Å². The first-order valence-corrected chi connectivity index (χ1v) is 18.5. The molecule has 295 valence electrons. The molecule has 0 amide bonds. The van der Waals surface area contributed by atoms with Gasteiger partial charge in [-0.05, 0) is 59.6 Å². The van der Waals surface area contributed by atoms with Crippen LogP contribution in [0.25, 0.3) is 33.2 Å². The van der Waals surface area contributed by atoms with Crippen LogP contribution in [0.3, 0.4) is 0 Å². The number of nitrogens with zero attached hydrogens (tertiary/aromatic N) is 1. The number of esters is 1. The Morgan fingerprint density at radius 1 is 0.852 bits per heavy atom. The third-order valence-corrected chi connectivity index (χ3v) is 9.27. The smallest absolute Gasteiger partial charge is 0.512 e. The largest absolute Gasteiger partial charge is 0.575 e. The third kappa shape index (κ3) is 13.2. The van der Waals surface area contributed by atoms with E-state index in [1.165, 1.54) is 6.08 Å². The van der Waals surface area contributed by atoms with Gasteiger partial charge in [-0.3, -0.25) is 9.78 Å². The molecule has 4 aromatic rings. The van der Waals surface area contributed by atoms with Gasteiger partial charge in [0.05, 0.1) is 11.3 Å². The van der Waals surface area contributed by atoms with E-state index in [2.05, 4.69) is 57.3 Å². The second kappa shape index (κ2) is 19.7. The number of halogens is 3. The summed E-state index contributed by atoms with van der Waals surface area (Å²) in [7, 11) is 0. The number of allylic oxidation sites excluding steroid dienone is 2. The molecule has 5 nitrogen and oxygen atoms in total. The van der Waals surface area contributed by atoms with Gasteiger partial charge in [-0.1, -0.05) is 129 Å². The number of ether oxygens (including phenoxy) is 1. The normalized spacial score (nSPS) is 12.3. The molecule has 0 unspecified atom stereocenters. The minimum atomic E-state index is -5.10. The van der Waals surface area contributed by atoms with Gasteiger partial charge in [0, 0.05) is 49.9 Å². The first-order valence-electron chi connectivity index (χ1n) is 18.5. The molecule has 0 aliphatic heterocycles. The fourth-order valence-corrected chi connectivity index (χ4v) is 6.35. The van der Waals surface area contributed by atoms with Crippen molar-refractivity contribution in [2.75, 3.05) is 0 Å². The van der Waals surface area contributed by atoms with Crippen LogP contribution in [0, 0.1) is 23.3 Å². The van der Waals surface area contributed by atoms with Crippen molar-refractivity contribution >= 4 is 22.5 Å². The van der Waals surface area contributed by atoms with Crippen LogP contribution in [0.1, 0.15) is 116 Å². The molecule has 0 saturated carbocycles. The van der Waals surface area contributed by atoms with E-state index < -0.39 is 12.3 Å². The molecule has 0 atom stereocenters. The molecule has 3 aromatic carbocycles. The second-order valence-corrected chi connectivity index (χ2v) is 15.8. The number of aliphatic hydroxyl groups excluding tert-OH is 1. The van der Waals surface area contributed by atoms with E-state index in [4.69, 9.17) is 0 Å². The molecule has 9 heteroatoms. The molecule has 0 aliphatic rings. The quantitative estimate of drug-likeness (QED) is 0.0702. The molecule has 1 N–H and O–H groups in total. The first kappa shape index (κ1) is 46.3. The van der Waals surface area contributed by atoms with Crippen molar-refractivity contribution < 1.29 is 52.7 Å². The maximum Gasteiger partial charge on any atom is 0.575 e. The van der Waals surface area contributed by atoms with Crippen molar-refractivity contribution in [3.05, 3.63) is 101 Å². The maximum absolute atomic E-state index is 12.9. The Morgan fingerprint density at radius 2 is 1.43 bits per heavy atom. The van der Waals surface area contributed by atoms with Gasteiger partial charge >= 0.3 is 12.3 Å². The summed E-state index contributed by atoms with van der Waals surface area (Å²) in [6.07, 6.45) is 1.79. The average Bonchev–Trinajstić information content (AvgIpc) is 3.07. The predicted molar refractivity (Wildman–Crippen MR) is 209 cm³/mol. The molecule has 0 saturated heterocycles. The predicted octanol–water partition coefficient (Wildman–Crippen LogP) is 12.8. The van der Waals surface area contributed by atoms with Crippen LogP contribution in [0.4, 0.5) is 13.2 Å². The van der Waals surface area contributed by atoms with Crippen molar-refractivity contribution in [3.8, 4) is 22.4 Å². The zero-order valence-electron chi connectivity index (χ0n) is 33.2. The Labute approximate surface area is 333 Å². The zero-order valence-corrected chi connectivity index (χ0v) is 35.6. The van der Waals surface area contributed by atoms with Crippen molar-refractivity contribution in [2.24, 2.45) is 17.3 Å². The summed E-state index contributed by atoms with van der Waals surface area (Å²) in [5.41, 5.74) is 3.92. The van der Waals surface area contributed by atoms with Gasteiger partial charge in [0.2, 0.25) is 0 Å². The average molecular weight is 923 g/mol. The molecule has 1 heterocycles. The Morgan fingerprint density at radius 3 is 1.94 bits per heavy atom. The number of hydrogen-bond acceptors (Lipinski definition) is 5. The monoisotopic (exact) mass is 923 g/mol. The summed E-state index contributed by atoms with van der Waals surface area (Å²) in [4.78, 5) is 28.6. The molecule has 0 spiro atoms.